The summed E-state index contributed by atoms with van der Waals surface area (Å²) in [6.45, 7) is 4.22. The Labute approximate surface area is 206 Å². The monoisotopic (exact) mass is 483 g/mol. The summed E-state index contributed by atoms with van der Waals surface area (Å²) in [6.07, 6.45) is 6.61. The fourth-order valence-electron chi connectivity index (χ4n) is 6.89. The van der Waals surface area contributed by atoms with E-state index in [0.717, 1.165) is 42.2 Å². The normalized spacial score (nSPS) is 33.2. The lowest BCUT2D eigenvalue weighted by atomic mass is 9.47. The number of amides is 1. The standard InChI is InChI=1S/C27H37N3O3S/c1-26-13-12-22(32)27(2,16-31)21(26)15-20-24(19(26)14-23(33)28-17-10-6-7-11-17)30-25(34-20)29-18-8-4-3-5-9-18/h3-5,8-9,17,19,21-22,31-32H,6-7,10-16H2,1-2H3,(H,28,33)(H,29,30). The van der Waals surface area contributed by atoms with Crippen LogP contribution in [0.2, 0.25) is 0 Å². The van der Waals surface area contributed by atoms with Crippen molar-refractivity contribution in [2.45, 2.75) is 83.3 Å². The van der Waals surface area contributed by atoms with Crippen LogP contribution in [0.3, 0.4) is 0 Å². The number of aliphatic hydroxyl groups is 2. The lowest BCUT2D eigenvalue weighted by molar-refractivity contribution is -0.144. The number of nitrogens with one attached hydrogen (secondary N) is 2. The number of benzene rings is 1. The van der Waals surface area contributed by atoms with Crippen molar-refractivity contribution in [2.24, 2.45) is 16.7 Å². The van der Waals surface area contributed by atoms with E-state index in [1.165, 1.54) is 17.7 Å². The molecule has 2 aromatic rings. The van der Waals surface area contributed by atoms with E-state index in [-0.39, 0.29) is 29.8 Å². The molecule has 5 rings (SSSR count). The van der Waals surface area contributed by atoms with Gasteiger partial charge in [0.25, 0.3) is 0 Å². The molecular formula is C27H37N3O3S. The summed E-state index contributed by atoms with van der Waals surface area (Å²) >= 11 is 1.64. The van der Waals surface area contributed by atoms with Crippen LogP contribution in [0.4, 0.5) is 10.8 Å². The zero-order valence-electron chi connectivity index (χ0n) is 20.2. The highest BCUT2D eigenvalue weighted by Crippen LogP contribution is 2.62. The number of hydrogen-bond donors (Lipinski definition) is 4. The van der Waals surface area contributed by atoms with E-state index >= 15 is 0 Å². The molecule has 0 bridgehead atoms. The number of thiazole rings is 1. The summed E-state index contributed by atoms with van der Waals surface area (Å²) in [5.74, 6) is 0.145. The van der Waals surface area contributed by atoms with Gasteiger partial charge in [-0.25, -0.2) is 4.98 Å². The van der Waals surface area contributed by atoms with Crippen LogP contribution in [0.5, 0.6) is 0 Å². The SMILES string of the molecule is CC1(CO)C(O)CCC2(C)C(CC(=O)NC3CCCC3)c3nc(Nc4ccccc4)sc3CC12. The zero-order chi connectivity index (χ0) is 23.9. The molecule has 1 heterocycles. The van der Waals surface area contributed by atoms with Crippen LogP contribution >= 0.6 is 11.3 Å². The van der Waals surface area contributed by atoms with Gasteiger partial charge in [-0.2, -0.15) is 0 Å². The zero-order valence-corrected chi connectivity index (χ0v) is 21.0. The second-order valence-corrected chi connectivity index (χ2v) is 12.2. The Kier molecular flexibility index (Phi) is 6.46. The fourth-order valence-corrected chi connectivity index (χ4v) is 7.98. The minimum absolute atomic E-state index is 0.0383. The first-order chi connectivity index (χ1) is 16.3. The second kappa shape index (κ2) is 9.25. The van der Waals surface area contributed by atoms with Gasteiger partial charge in [-0.1, -0.05) is 44.9 Å². The van der Waals surface area contributed by atoms with Gasteiger partial charge in [-0.15, -0.1) is 11.3 Å². The number of anilines is 2. The van der Waals surface area contributed by atoms with Gasteiger partial charge in [0.2, 0.25) is 5.91 Å². The number of aromatic nitrogens is 1. The van der Waals surface area contributed by atoms with E-state index in [1.807, 2.05) is 37.3 Å². The molecule has 5 unspecified atom stereocenters. The van der Waals surface area contributed by atoms with Crippen LogP contribution in [0.25, 0.3) is 0 Å². The van der Waals surface area contributed by atoms with E-state index < -0.39 is 11.5 Å². The van der Waals surface area contributed by atoms with E-state index in [9.17, 15) is 15.0 Å². The summed E-state index contributed by atoms with van der Waals surface area (Å²) in [7, 11) is 0. The molecule has 1 aromatic heterocycles. The smallest absolute Gasteiger partial charge is 0.220 e. The van der Waals surface area contributed by atoms with Crippen molar-refractivity contribution in [1.82, 2.24) is 10.3 Å². The number of carbonyl (C=O) groups is 1. The van der Waals surface area contributed by atoms with Gasteiger partial charge in [0.15, 0.2) is 5.13 Å². The predicted molar refractivity (Wildman–Crippen MR) is 135 cm³/mol. The molecule has 0 radical (unpaired) electrons. The highest BCUT2D eigenvalue weighted by atomic mass is 32.1. The summed E-state index contributed by atoms with van der Waals surface area (Å²) in [5.41, 5.74) is 1.21. The van der Waals surface area contributed by atoms with Crippen LogP contribution < -0.4 is 10.6 Å². The van der Waals surface area contributed by atoms with Crippen LogP contribution in [0, 0.1) is 16.7 Å². The van der Waals surface area contributed by atoms with Gasteiger partial charge in [-0.05, 0) is 55.6 Å². The van der Waals surface area contributed by atoms with Crippen molar-refractivity contribution < 1.29 is 15.0 Å². The number of rotatable bonds is 6. The van der Waals surface area contributed by atoms with Gasteiger partial charge in [0.1, 0.15) is 0 Å². The molecule has 0 aliphatic heterocycles. The molecule has 0 saturated heterocycles. The van der Waals surface area contributed by atoms with Gasteiger partial charge in [0.05, 0.1) is 18.4 Å². The Morgan fingerprint density at radius 3 is 2.62 bits per heavy atom. The first-order valence-electron chi connectivity index (χ1n) is 12.7. The first kappa shape index (κ1) is 23.8. The Bertz CT molecular complexity index is 1020. The summed E-state index contributed by atoms with van der Waals surface area (Å²) in [6, 6.07) is 10.3. The third kappa shape index (κ3) is 4.16. The molecule has 1 aromatic carbocycles. The number of carbonyl (C=O) groups excluding carboxylic acids is 1. The van der Waals surface area contributed by atoms with Crippen LogP contribution in [-0.2, 0) is 11.2 Å². The van der Waals surface area contributed by atoms with Gasteiger partial charge in [-0.3, -0.25) is 4.79 Å². The fraction of sp³-hybridized carbons (Fsp3) is 0.630. The minimum atomic E-state index is -0.595. The molecule has 6 nitrogen and oxygen atoms in total. The molecule has 184 valence electrons. The quantitative estimate of drug-likeness (QED) is 0.476. The number of nitrogens with zero attached hydrogens (tertiary/aromatic N) is 1. The van der Waals surface area contributed by atoms with Gasteiger partial charge in [0, 0.05) is 34.4 Å². The Morgan fingerprint density at radius 2 is 1.91 bits per heavy atom. The first-order valence-corrected chi connectivity index (χ1v) is 13.5. The van der Waals surface area contributed by atoms with Crippen LogP contribution in [0.1, 0.15) is 75.3 Å². The number of para-hydroxylation sites is 1. The van der Waals surface area contributed by atoms with Crippen molar-refractivity contribution in [2.75, 3.05) is 11.9 Å². The summed E-state index contributed by atoms with van der Waals surface area (Å²) in [4.78, 5) is 19.5. The average molecular weight is 484 g/mol. The molecule has 34 heavy (non-hydrogen) atoms. The van der Waals surface area contributed by atoms with Crippen molar-refractivity contribution in [3.05, 3.63) is 40.9 Å². The Morgan fingerprint density at radius 1 is 1.18 bits per heavy atom. The number of hydrogen-bond acceptors (Lipinski definition) is 6. The van der Waals surface area contributed by atoms with Crippen molar-refractivity contribution >= 4 is 28.1 Å². The van der Waals surface area contributed by atoms with Gasteiger partial charge >= 0.3 is 0 Å². The van der Waals surface area contributed by atoms with E-state index in [0.29, 0.717) is 18.9 Å². The highest BCUT2D eigenvalue weighted by Gasteiger charge is 2.59. The molecule has 0 spiro atoms. The molecule has 3 aliphatic carbocycles. The Hall–Kier alpha value is -1.96. The second-order valence-electron chi connectivity index (χ2n) is 11.1. The maximum Gasteiger partial charge on any atom is 0.220 e. The third-order valence-corrected chi connectivity index (χ3v) is 10.0. The molecule has 4 N–H and O–H groups in total. The maximum absolute atomic E-state index is 13.2. The summed E-state index contributed by atoms with van der Waals surface area (Å²) in [5, 5.41) is 28.9. The maximum atomic E-state index is 13.2. The largest absolute Gasteiger partial charge is 0.396 e. The number of aliphatic hydroxyl groups excluding tert-OH is 2. The molecule has 2 fully saturated rings. The van der Waals surface area contributed by atoms with Crippen molar-refractivity contribution in [1.29, 1.82) is 0 Å². The van der Waals surface area contributed by atoms with Gasteiger partial charge < -0.3 is 20.8 Å². The Balaban J connectivity index is 1.49. The third-order valence-electron chi connectivity index (χ3n) is 9.03. The molecule has 1 amide bonds. The number of fused-ring (bicyclic) bond motifs is 2. The average Bonchev–Trinajstić information content (AvgIpc) is 3.48. The van der Waals surface area contributed by atoms with Crippen LogP contribution in [0.15, 0.2) is 30.3 Å². The van der Waals surface area contributed by atoms with Crippen molar-refractivity contribution in [3.8, 4) is 0 Å². The predicted octanol–water partition coefficient (Wildman–Crippen LogP) is 4.75. The molecule has 2 saturated carbocycles. The molecule has 5 atom stereocenters. The van der Waals surface area contributed by atoms with E-state index in [4.69, 9.17) is 4.98 Å². The molecule has 3 aliphatic rings. The minimum Gasteiger partial charge on any atom is -0.396 e. The highest BCUT2D eigenvalue weighted by molar-refractivity contribution is 7.15. The van der Waals surface area contributed by atoms with Crippen LogP contribution in [-0.4, -0.2) is 39.9 Å². The molecular weight excluding hydrogens is 446 g/mol. The van der Waals surface area contributed by atoms with E-state index in [1.54, 1.807) is 11.3 Å². The molecule has 7 heteroatoms. The topological polar surface area (TPSA) is 94.5 Å². The lowest BCUT2D eigenvalue weighted by Crippen LogP contribution is -2.57. The summed E-state index contributed by atoms with van der Waals surface area (Å²) < 4.78 is 0. The lowest BCUT2D eigenvalue weighted by Gasteiger charge is -2.58. The van der Waals surface area contributed by atoms with Crippen molar-refractivity contribution in [3.63, 3.8) is 0 Å². The van der Waals surface area contributed by atoms with E-state index in [2.05, 4.69) is 17.6 Å².